The average Bonchev–Trinajstić information content (AvgIpc) is 3.03. The van der Waals surface area contributed by atoms with E-state index in [9.17, 15) is 0 Å². The molecule has 0 fully saturated rings. The summed E-state index contributed by atoms with van der Waals surface area (Å²) in [6.45, 7) is 0.471. The van der Waals surface area contributed by atoms with Crippen LogP contribution in [0.4, 0.5) is 11.5 Å². The van der Waals surface area contributed by atoms with Crippen molar-refractivity contribution >= 4 is 23.1 Å². The van der Waals surface area contributed by atoms with Crippen molar-refractivity contribution in [2.45, 2.75) is 6.54 Å². The van der Waals surface area contributed by atoms with E-state index in [2.05, 4.69) is 25.6 Å². The van der Waals surface area contributed by atoms with E-state index >= 15 is 0 Å². The smallest absolute Gasteiger partial charge is 0.226 e. The number of aromatic nitrogens is 3. The number of anilines is 2. The normalized spacial score (nSPS) is 10.5. The van der Waals surface area contributed by atoms with Gasteiger partial charge in [0.2, 0.25) is 5.89 Å². The quantitative estimate of drug-likeness (QED) is 0.702. The third kappa shape index (κ3) is 3.01. The lowest BCUT2D eigenvalue weighted by atomic mass is 10.2. The zero-order valence-corrected chi connectivity index (χ0v) is 12.6. The average molecular weight is 316 g/mol. The molecule has 112 valence electrons. The molecule has 0 spiro atoms. The van der Waals surface area contributed by atoms with E-state index in [1.165, 1.54) is 6.33 Å². The predicted molar refractivity (Wildman–Crippen MR) is 85.9 cm³/mol. The van der Waals surface area contributed by atoms with Crippen LogP contribution in [0.5, 0.6) is 0 Å². The maximum atomic E-state index is 6.01. The number of rotatable bonds is 5. The zero-order valence-electron chi connectivity index (χ0n) is 11.9. The number of halogens is 1. The maximum absolute atomic E-state index is 6.01. The molecule has 0 amide bonds. The van der Waals surface area contributed by atoms with Crippen LogP contribution in [0.2, 0.25) is 5.15 Å². The van der Waals surface area contributed by atoms with E-state index in [1.54, 1.807) is 13.3 Å². The summed E-state index contributed by atoms with van der Waals surface area (Å²) in [5.74, 6) is 1.21. The Bertz CT molecular complexity index is 760. The van der Waals surface area contributed by atoms with Gasteiger partial charge in [-0.3, -0.25) is 0 Å². The number of nitrogens with zero attached hydrogens (tertiary/aromatic N) is 3. The highest BCUT2D eigenvalue weighted by atomic mass is 35.5. The molecule has 3 rings (SSSR count). The zero-order chi connectivity index (χ0) is 15.4. The first-order valence-corrected chi connectivity index (χ1v) is 7.07. The van der Waals surface area contributed by atoms with Crippen LogP contribution in [0.3, 0.4) is 0 Å². The number of oxazole rings is 1. The summed E-state index contributed by atoms with van der Waals surface area (Å²) < 4.78 is 5.49. The van der Waals surface area contributed by atoms with Gasteiger partial charge in [0.25, 0.3) is 0 Å². The first-order valence-electron chi connectivity index (χ1n) is 6.70. The Labute approximate surface area is 132 Å². The van der Waals surface area contributed by atoms with Gasteiger partial charge in [-0.2, -0.15) is 0 Å². The topological polar surface area (TPSA) is 75.9 Å². The largest absolute Gasteiger partial charge is 0.444 e. The van der Waals surface area contributed by atoms with Crippen molar-refractivity contribution in [1.29, 1.82) is 0 Å². The molecule has 0 aliphatic rings. The van der Waals surface area contributed by atoms with Gasteiger partial charge < -0.3 is 15.1 Å². The monoisotopic (exact) mass is 315 g/mol. The number of benzene rings is 1. The van der Waals surface area contributed by atoms with Crippen molar-refractivity contribution in [3.05, 3.63) is 53.8 Å². The summed E-state index contributed by atoms with van der Waals surface area (Å²) in [5.41, 5.74) is 2.36. The molecule has 0 atom stereocenters. The van der Waals surface area contributed by atoms with Gasteiger partial charge in [-0.15, -0.1) is 0 Å². The maximum Gasteiger partial charge on any atom is 0.226 e. The molecule has 0 aliphatic heterocycles. The van der Waals surface area contributed by atoms with E-state index in [1.807, 2.05) is 30.3 Å². The molecule has 2 heterocycles. The Morgan fingerprint density at radius 2 is 2.00 bits per heavy atom. The van der Waals surface area contributed by atoms with E-state index in [-0.39, 0.29) is 0 Å². The highest BCUT2D eigenvalue weighted by Crippen LogP contribution is 2.26. The minimum atomic E-state index is 0.366. The Hall–Kier alpha value is -2.60. The molecule has 6 nitrogen and oxygen atoms in total. The molecule has 3 aromatic rings. The van der Waals surface area contributed by atoms with Gasteiger partial charge in [0, 0.05) is 12.6 Å². The number of hydrogen-bond donors (Lipinski definition) is 2. The molecule has 0 aliphatic carbocycles. The summed E-state index contributed by atoms with van der Waals surface area (Å²) in [7, 11) is 1.76. The molecule has 2 N–H and O–H groups in total. The van der Waals surface area contributed by atoms with Gasteiger partial charge in [-0.05, 0) is 12.1 Å². The lowest BCUT2D eigenvalue weighted by Crippen LogP contribution is -2.06. The summed E-state index contributed by atoms with van der Waals surface area (Å²) in [5, 5.41) is 6.50. The van der Waals surface area contributed by atoms with Gasteiger partial charge in [-0.25, -0.2) is 15.0 Å². The van der Waals surface area contributed by atoms with Crippen molar-refractivity contribution < 1.29 is 4.42 Å². The van der Waals surface area contributed by atoms with Crippen LogP contribution >= 0.6 is 11.6 Å². The van der Waals surface area contributed by atoms with Crippen LogP contribution in [0.1, 0.15) is 5.69 Å². The molecule has 0 unspecified atom stereocenters. The fraction of sp³-hybridized carbons (Fsp3) is 0.133. The molecule has 0 saturated carbocycles. The second kappa shape index (κ2) is 6.44. The molecule has 0 saturated heterocycles. The van der Waals surface area contributed by atoms with Crippen molar-refractivity contribution in [1.82, 2.24) is 15.0 Å². The Balaban J connectivity index is 1.73. The summed E-state index contributed by atoms with van der Waals surface area (Å²) >= 11 is 6.01. The van der Waals surface area contributed by atoms with E-state index in [0.717, 1.165) is 11.3 Å². The SMILES string of the molecule is CNc1c(Cl)ncnc1NCc1coc(-c2ccccc2)n1. The second-order valence-electron chi connectivity index (χ2n) is 4.50. The van der Waals surface area contributed by atoms with Gasteiger partial charge in [-0.1, -0.05) is 29.8 Å². The van der Waals surface area contributed by atoms with Gasteiger partial charge in [0.15, 0.2) is 11.0 Å². The standard InChI is InChI=1S/C15H14ClN5O/c1-17-12-13(16)19-9-20-14(12)18-7-11-8-22-15(21-11)10-5-3-2-4-6-10/h2-6,8-9,17H,7H2,1H3,(H,18,19,20). The Morgan fingerprint density at radius 3 is 2.77 bits per heavy atom. The molecule has 0 bridgehead atoms. The Kier molecular flexibility index (Phi) is 4.20. The highest BCUT2D eigenvalue weighted by molar-refractivity contribution is 6.32. The summed E-state index contributed by atoms with van der Waals surface area (Å²) in [4.78, 5) is 12.5. The number of nitrogens with one attached hydrogen (secondary N) is 2. The Morgan fingerprint density at radius 1 is 1.18 bits per heavy atom. The molecular weight excluding hydrogens is 302 g/mol. The van der Waals surface area contributed by atoms with E-state index < -0.39 is 0 Å². The highest BCUT2D eigenvalue weighted by Gasteiger charge is 2.10. The molecule has 1 aromatic carbocycles. The molecular formula is C15H14ClN5O. The molecule has 22 heavy (non-hydrogen) atoms. The number of hydrogen-bond acceptors (Lipinski definition) is 6. The van der Waals surface area contributed by atoms with Gasteiger partial charge >= 0.3 is 0 Å². The first kappa shape index (κ1) is 14.3. The van der Waals surface area contributed by atoms with Crippen molar-refractivity contribution in [2.75, 3.05) is 17.7 Å². The molecule has 7 heteroatoms. The van der Waals surface area contributed by atoms with Crippen LogP contribution in [0, 0.1) is 0 Å². The minimum Gasteiger partial charge on any atom is -0.444 e. The second-order valence-corrected chi connectivity index (χ2v) is 4.86. The predicted octanol–water partition coefficient (Wildman–Crippen LogP) is 3.44. The van der Waals surface area contributed by atoms with E-state index in [4.69, 9.17) is 16.0 Å². The van der Waals surface area contributed by atoms with Crippen LogP contribution < -0.4 is 10.6 Å². The van der Waals surface area contributed by atoms with E-state index in [0.29, 0.717) is 29.1 Å². The van der Waals surface area contributed by atoms with Crippen LogP contribution in [0.25, 0.3) is 11.5 Å². The fourth-order valence-corrected chi connectivity index (χ4v) is 2.22. The minimum absolute atomic E-state index is 0.366. The van der Waals surface area contributed by atoms with Crippen LogP contribution in [-0.4, -0.2) is 22.0 Å². The summed E-state index contributed by atoms with van der Waals surface area (Å²) in [6, 6.07) is 9.74. The van der Waals surface area contributed by atoms with Crippen LogP contribution in [-0.2, 0) is 6.54 Å². The van der Waals surface area contributed by atoms with Crippen molar-refractivity contribution in [2.24, 2.45) is 0 Å². The van der Waals surface area contributed by atoms with Gasteiger partial charge in [0.05, 0.1) is 12.2 Å². The fourth-order valence-electron chi connectivity index (χ4n) is 2.00. The molecule has 0 radical (unpaired) electrons. The van der Waals surface area contributed by atoms with Crippen molar-refractivity contribution in [3.63, 3.8) is 0 Å². The lowest BCUT2D eigenvalue weighted by molar-refractivity contribution is 0.573. The van der Waals surface area contributed by atoms with Crippen molar-refractivity contribution in [3.8, 4) is 11.5 Å². The van der Waals surface area contributed by atoms with Gasteiger partial charge in [0.1, 0.15) is 18.3 Å². The third-order valence-corrected chi connectivity index (χ3v) is 3.35. The lowest BCUT2D eigenvalue weighted by Gasteiger charge is -2.09. The summed E-state index contributed by atoms with van der Waals surface area (Å²) in [6.07, 6.45) is 3.03. The first-order chi connectivity index (χ1) is 10.8. The molecule has 2 aromatic heterocycles. The van der Waals surface area contributed by atoms with Crippen LogP contribution in [0.15, 0.2) is 47.3 Å². The third-order valence-electron chi connectivity index (χ3n) is 3.06.